The van der Waals surface area contributed by atoms with Crippen LogP contribution >= 0.6 is 12.2 Å². The fourth-order valence-corrected chi connectivity index (χ4v) is 3.44. The Morgan fingerprint density at radius 3 is 2.34 bits per heavy atom. The van der Waals surface area contributed by atoms with E-state index in [-0.39, 0.29) is 34.1 Å². The summed E-state index contributed by atoms with van der Waals surface area (Å²) in [5.41, 5.74) is 9.30. The average molecular weight is 410 g/mol. The van der Waals surface area contributed by atoms with Gasteiger partial charge in [0.2, 0.25) is 5.91 Å². The number of rotatable bonds is 4. The van der Waals surface area contributed by atoms with Crippen molar-refractivity contribution in [3.63, 3.8) is 0 Å². The Morgan fingerprint density at radius 1 is 1.03 bits per heavy atom. The van der Waals surface area contributed by atoms with Crippen LogP contribution in [0.2, 0.25) is 0 Å². The summed E-state index contributed by atoms with van der Waals surface area (Å²) >= 11 is 5.22. The summed E-state index contributed by atoms with van der Waals surface area (Å²) in [5.74, 6) is 0.110. The summed E-state index contributed by atoms with van der Waals surface area (Å²) in [6.45, 7) is 8.08. The van der Waals surface area contributed by atoms with Gasteiger partial charge in [0, 0.05) is 17.2 Å². The minimum Gasteiger partial charge on any atom is -0.331 e. The van der Waals surface area contributed by atoms with Crippen LogP contribution in [-0.4, -0.2) is 16.8 Å². The maximum absolute atomic E-state index is 12.4. The lowest BCUT2D eigenvalue weighted by molar-refractivity contribution is -0.122. The van der Waals surface area contributed by atoms with E-state index in [0.717, 1.165) is 6.42 Å². The Balaban J connectivity index is 1.48. The van der Waals surface area contributed by atoms with Gasteiger partial charge in [-0.15, -0.1) is 0 Å². The van der Waals surface area contributed by atoms with Gasteiger partial charge in [0.05, 0.1) is 0 Å². The van der Waals surface area contributed by atoms with E-state index in [1.807, 2.05) is 0 Å². The first kappa shape index (κ1) is 21.0. The SMILES string of the molecule is CC(=O)c1cccc(NC(=S)NNC(=O)[C@@H]2C[C@H]2c2ccc(C(C)(C)C)cc2)c1. The summed E-state index contributed by atoms with van der Waals surface area (Å²) in [5, 5.41) is 3.24. The molecular weight excluding hydrogens is 382 g/mol. The molecule has 1 aliphatic rings. The Hall–Kier alpha value is -2.73. The zero-order valence-electron chi connectivity index (χ0n) is 17.2. The highest BCUT2D eigenvalue weighted by Crippen LogP contribution is 2.47. The first-order valence-corrected chi connectivity index (χ1v) is 10.1. The monoisotopic (exact) mass is 409 g/mol. The highest BCUT2D eigenvalue weighted by molar-refractivity contribution is 7.80. The largest absolute Gasteiger partial charge is 0.331 e. The molecular formula is C23H27N3O2S. The lowest BCUT2D eigenvalue weighted by Gasteiger charge is -2.19. The van der Waals surface area contributed by atoms with E-state index in [4.69, 9.17) is 12.2 Å². The molecule has 3 N–H and O–H groups in total. The molecule has 3 rings (SSSR count). The smallest absolute Gasteiger partial charge is 0.242 e. The number of hydrogen-bond donors (Lipinski definition) is 3. The minimum absolute atomic E-state index is 0.0175. The third-order valence-corrected chi connectivity index (χ3v) is 5.36. The van der Waals surface area contributed by atoms with Crippen molar-refractivity contribution < 1.29 is 9.59 Å². The Labute approximate surface area is 177 Å². The second kappa shape index (κ2) is 8.33. The van der Waals surface area contributed by atoms with Crippen LogP contribution in [0, 0.1) is 5.92 Å². The molecule has 0 bridgehead atoms. The van der Waals surface area contributed by atoms with Gasteiger partial charge in [-0.3, -0.25) is 20.4 Å². The van der Waals surface area contributed by atoms with Gasteiger partial charge in [-0.1, -0.05) is 57.2 Å². The van der Waals surface area contributed by atoms with Crippen molar-refractivity contribution in [1.29, 1.82) is 0 Å². The third-order valence-electron chi connectivity index (χ3n) is 5.16. The second-order valence-electron chi connectivity index (χ2n) is 8.53. The molecule has 0 aromatic heterocycles. The molecule has 29 heavy (non-hydrogen) atoms. The Bertz CT molecular complexity index is 932. The normalized spacial score (nSPS) is 17.9. The van der Waals surface area contributed by atoms with Crippen LogP contribution in [0.4, 0.5) is 5.69 Å². The maximum atomic E-state index is 12.4. The molecule has 1 saturated carbocycles. The van der Waals surface area contributed by atoms with E-state index in [2.05, 4.69) is 61.2 Å². The summed E-state index contributed by atoms with van der Waals surface area (Å²) in [4.78, 5) is 23.9. The fraction of sp³-hybridized carbons (Fsp3) is 0.348. The molecule has 1 aliphatic carbocycles. The summed E-state index contributed by atoms with van der Waals surface area (Å²) < 4.78 is 0. The van der Waals surface area contributed by atoms with E-state index in [0.29, 0.717) is 11.3 Å². The highest BCUT2D eigenvalue weighted by Gasteiger charge is 2.44. The van der Waals surface area contributed by atoms with Crippen molar-refractivity contribution in [2.45, 2.75) is 45.4 Å². The number of nitrogens with one attached hydrogen (secondary N) is 3. The Kier molecular flexibility index (Phi) is 6.03. The lowest BCUT2D eigenvalue weighted by atomic mass is 9.86. The number of carbonyl (C=O) groups is 2. The molecule has 1 fully saturated rings. The molecule has 2 aromatic rings. The van der Waals surface area contributed by atoms with E-state index >= 15 is 0 Å². The van der Waals surface area contributed by atoms with Crippen LogP contribution in [0.5, 0.6) is 0 Å². The van der Waals surface area contributed by atoms with Crippen LogP contribution in [0.3, 0.4) is 0 Å². The molecule has 5 nitrogen and oxygen atoms in total. The quantitative estimate of drug-likeness (QED) is 0.399. The zero-order valence-corrected chi connectivity index (χ0v) is 18.0. The number of carbonyl (C=O) groups excluding carboxylic acids is 2. The molecule has 0 spiro atoms. The lowest BCUT2D eigenvalue weighted by Crippen LogP contribution is -2.44. The summed E-state index contributed by atoms with van der Waals surface area (Å²) in [6, 6.07) is 15.6. The van der Waals surface area contributed by atoms with Crippen molar-refractivity contribution in [3.05, 3.63) is 65.2 Å². The molecule has 152 valence electrons. The van der Waals surface area contributed by atoms with Crippen LogP contribution in [0.1, 0.15) is 61.5 Å². The van der Waals surface area contributed by atoms with Gasteiger partial charge in [0.1, 0.15) is 0 Å². The standard InChI is InChI=1S/C23H27N3O2S/c1-14(27)16-6-5-7-18(12-16)24-22(29)26-25-21(28)20-13-19(20)15-8-10-17(11-9-15)23(2,3)4/h5-12,19-20H,13H2,1-4H3,(H,25,28)(H2,24,26,29)/t19-,20+/m0/s1. The maximum Gasteiger partial charge on any atom is 0.242 e. The molecule has 0 heterocycles. The van der Waals surface area contributed by atoms with E-state index < -0.39 is 0 Å². The molecule has 2 atom stereocenters. The highest BCUT2D eigenvalue weighted by atomic mass is 32.1. The molecule has 0 unspecified atom stereocenters. The van der Waals surface area contributed by atoms with Crippen molar-refractivity contribution in [2.75, 3.05) is 5.32 Å². The van der Waals surface area contributed by atoms with Crippen LogP contribution < -0.4 is 16.2 Å². The van der Waals surface area contributed by atoms with E-state index in [1.165, 1.54) is 18.1 Å². The van der Waals surface area contributed by atoms with Crippen LogP contribution in [0.15, 0.2) is 48.5 Å². The number of hydrogen-bond acceptors (Lipinski definition) is 3. The van der Waals surface area contributed by atoms with Crippen LogP contribution in [-0.2, 0) is 10.2 Å². The molecule has 6 heteroatoms. The number of hydrazine groups is 1. The van der Waals surface area contributed by atoms with Gasteiger partial charge >= 0.3 is 0 Å². The summed E-state index contributed by atoms with van der Waals surface area (Å²) in [7, 11) is 0. The van der Waals surface area contributed by atoms with Gasteiger partial charge in [-0.2, -0.15) is 0 Å². The van der Waals surface area contributed by atoms with Crippen molar-refractivity contribution in [1.82, 2.24) is 10.9 Å². The predicted octanol–water partition coefficient (Wildman–Crippen LogP) is 4.31. The predicted molar refractivity (Wildman–Crippen MR) is 120 cm³/mol. The Morgan fingerprint density at radius 2 is 1.72 bits per heavy atom. The van der Waals surface area contributed by atoms with Crippen molar-refractivity contribution >= 4 is 34.7 Å². The van der Waals surface area contributed by atoms with Gasteiger partial charge in [0.15, 0.2) is 10.9 Å². The van der Waals surface area contributed by atoms with E-state index in [9.17, 15) is 9.59 Å². The number of anilines is 1. The van der Waals surface area contributed by atoms with Gasteiger partial charge in [0.25, 0.3) is 0 Å². The third kappa shape index (κ3) is 5.41. The molecule has 0 saturated heterocycles. The zero-order chi connectivity index (χ0) is 21.2. The molecule has 2 aromatic carbocycles. The number of thiocarbonyl (C=S) groups is 1. The molecule has 0 radical (unpaired) electrons. The topological polar surface area (TPSA) is 70.2 Å². The van der Waals surface area contributed by atoms with Gasteiger partial charge in [-0.05, 0) is 60.2 Å². The first-order valence-electron chi connectivity index (χ1n) is 9.73. The van der Waals surface area contributed by atoms with Crippen LogP contribution in [0.25, 0.3) is 0 Å². The van der Waals surface area contributed by atoms with Gasteiger partial charge in [-0.25, -0.2) is 0 Å². The number of Topliss-reactive ketones (excluding diaryl/α,β-unsaturated/α-hetero) is 1. The van der Waals surface area contributed by atoms with Crippen molar-refractivity contribution in [2.24, 2.45) is 5.92 Å². The second-order valence-corrected chi connectivity index (χ2v) is 8.93. The number of ketones is 1. The first-order chi connectivity index (χ1) is 13.6. The number of benzene rings is 2. The van der Waals surface area contributed by atoms with Gasteiger partial charge < -0.3 is 5.32 Å². The molecule has 0 aliphatic heterocycles. The fourth-order valence-electron chi connectivity index (χ4n) is 3.27. The van der Waals surface area contributed by atoms with E-state index in [1.54, 1.807) is 24.3 Å². The van der Waals surface area contributed by atoms with Crippen molar-refractivity contribution in [3.8, 4) is 0 Å². The average Bonchev–Trinajstić information content (AvgIpc) is 3.46. The minimum atomic E-state index is -0.0727. The summed E-state index contributed by atoms with van der Waals surface area (Å²) in [6.07, 6.45) is 0.837. The molecule has 1 amide bonds. The number of amides is 1.